The van der Waals surface area contributed by atoms with Crippen LogP contribution in [-0.2, 0) is 12.7 Å². The number of alkyl halides is 3. The summed E-state index contributed by atoms with van der Waals surface area (Å²) in [6, 6.07) is 13.9. The first-order valence-electron chi connectivity index (χ1n) is 8.74. The van der Waals surface area contributed by atoms with E-state index in [1.165, 1.54) is 30.5 Å². The summed E-state index contributed by atoms with van der Waals surface area (Å²) in [6.07, 6.45) is -3.15. The van der Waals surface area contributed by atoms with E-state index in [2.05, 4.69) is 15.6 Å². The van der Waals surface area contributed by atoms with E-state index < -0.39 is 23.6 Å². The van der Waals surface area contributed by atoms with Crippen molar-refractivity contribution < 1.29 is 27.9 Å². The molecule has 3 aromatic rings. The molecule has 1 aromatic heterocycles. The fraction of sp³-hybridized carbons (Fsp3) is 0.0952. The number of pyridine rings is 1. The van der Waals surface area contributed by atoms with E-state index in [4.69, 9.17) is 5.11 Å². The first-order chi connectivity index (χ1) is 14.2. The van der Waals surface area contributed by atoms with Gasteiger partial charge >= 0.3 is 12.1 Å². The molecule has 3 rings (SSSR count). The number of hydrogen-bond acceptors (Lipinski definition) is 4. The molecule has 0 spiro atoms. The highest BCUT2D eigenvalue weighted by atomic mass is 19.4. The van der Waals surface area contributed by atoms with Gasteiger partial charge in [-0.1, -0.05) is 18.2 Å². The van der Waals surface area contributed by atoms with Crippen molar-refractivity contribution in [1.82, 2.24) is 4.98 Å². The first kappa shape index (κ1) is 20.8. The average molecular weight is 415 g/mol. The van der Waals surface area contributed by atoms with Gasteiger partial charge in [0.05, 0.1) is 11.1 Å². The van der Waals surface area contributed by atoms with Gasteiger partial charge in [-0.25, -0.2) is 9.78 Å². The number of aromatic nitrogens is 1. The number of amides is 1. The highest BCUT2D eigenvalue weighted by molar-refractivity contribution is 6.08. The Labute approximate surface area is 169 Å². The van der Waals surface area contributed by atoms with Gasteiger partial charge in [-0.2, -0.15) is 13.2 Å². The van der Waals surface area contributed by atoms with E-state index in [9.17, 15) is 22.8 Å². The lowest BCUT2D eigenvalue weighted by Gasteiger charge is -2.13. The molecule has 9 heteroatoms. The third-order valence-corrected chi connectivity index (χ3v) is 4.15. The number of carbonyl (C=O) groups is 2. The van der Waals surface area contributed by atoms with Gasteiger partial charge in [-0.05, 0) is 48.0 Å². The second-order valence-corrected chi connectivity index (χ2v) is 6.29. The van der Waals surface area contributed by atoms with Gasteiger partial charge in [0.25, 0.3) is 5.91 Å². The number of nitrogens with one attached hydrogen (secondary N) is 2. The molecule has 0 fully saturated rings. The molecule has 0 aliphatic carbocycles. The predicted molar refractivity (Wildman–Crippen MR) is 104 cm³/mol. The van der Waals surface area contributed by atoms with Gasteiger partial charge in [0, 0.05) is 24.1 Å². The largest absolute Gasteiger partial charge is 0.477 e. The molecule has 1 heterocycles. The molecule has 0 unspecified atom stereocenters. The van der Waals surface area contributed by atoms with Crippen LogP contribution >= 0.6 is 0 Å². The Kier molecular flexibility index (Phi) is 6.01. The van der Waals surface area contributed by atoms with Gasteiger partial charge in [0.2, 0.25) is 0 Å². The molecule has 0 atom stereocenters. The number of benzene rings is 2. The fourth-order valence-corrected chi connectivity index (χ4v) is 2.71. The van der Waals surface area contributed by atoms with Crippen LogP contribution in [0.25, 0.3) is 0 Å². The van der Waals surface area contributed by atoms with Gasteiger partial charge in [-0.3, -0.25) is 4.79 Å². The zero-order valence-corrected chi connectivity index (χ0v) is 15.4. The van der Waals surface area contributed by atoms with Crippen molar-refractivity contribution in [3.63, 3.8) is 0 Å². The van der Waals surface area contributed by atoms with E-state index in [0.29, 0.717) is 11.3 Å². The van der Waals surface area contributed by atoms with E-state index in [1.54, 1.807) is 24.3 Å². The van der Waals surface area contributed by atoms with Crippen LogP contribution in [0.4, 0.5) is 24.5 Å². The van der Waals surface area contributed by atoms with Gasteiger partial charge < -0.3 is 15.7 Å². The summed E-state index contributed by atoms with van der Waals surface area (Å²) in [6.45, 7) is 0.219. The molecule has 0 saturated carbocycles. The first-order valence-corrected chi connectivity index (χ1v) is 8.74. The quantitative estimate of drug-likeness (QED) is 0.545. The molecule has 6 nitrogen and oxygen atoms in total. The number of carboxylic acids is 1. The van der Waals surface area contributed by atoms with Crippen molar-refractivity contribution in [2.45, 2.75) is 12.7 Å². The van der Waals surface area contributed by atoms with E-state index in [1.807, 2.05) is 0 Å². The Morgan fingerprint density at radius 1 is 1.00 bits per heavy atom. The monoisotopic (exact) mass is 415 g/mol. The van der Waals surface area contributed by atoms with E-state index in [-0.39, 0.29) is 23.5 Å². The normalized spacial score (nSPS) is 11.0. The summed E-state index contributed by atoms with van der Waals surface area (Å²) in [4.78, 5) is 27.4. The van der Waals surface area contributed by atoms with Crippen LogP contribution < -0.4 is 10.6 Å². The maximum Gasteiger partial charge on any atom is 0.416 e. The predicted octanol–water partition coefficient (Wildman–Crippen LogP) is 4.66. The summed E-state index contributed by atoms with van der Waals surface area (Å²) in [5.41, 5.74) is 0.349. The molecule has 0 radical (unpaired) electrons. The number of hydrogen-bond donors (Lipinski definition) is 3. The third kappa shape index (κ3) is 5.13. The topological polar surface area (TPSA) is 91.3 Å². The van der Waals surface area contributed by atoms with E-state index in [0.717, 1.165) is 12.1 Å². The van der Waals surface area contributed by atoms with Gasteiger partial charge in [0.1, 0.15) is 5.69 Å². The molecular weight excluding hydrogens is 399 g/mol. The molecular formula is C21H16F3N3O3. The third-order valence-electron chi connectivity index (χ3n) is 4.15. The van der Waals surface area contributed by atoms with Crippen molar-refractivity contribution >= 4 is 23.3 Å². The van der Waals surface area contributed by atoms with Crippen molar-refractivity contribution in [2.75, 3.05) is 10.6 Å². The SMILES string of the molecule is O=C(O)c1cc(CNc2ccccc2C(=O)Nc2cccc(C(F)(F)F)c2)ccn1. The number of nitrogens with zero attached hydrogens (tertiary/aromatic N) is 1. The Hall–Kier alpha value is -3.88. The molecule has 0 aliphatic heterocycles. The number of anilines is 2. The summed E-state index contributed by atoms with van der Waals surface area (Å²) in [7, 11) is 0. The van der Waals surface area contributed by atoms with Crippen molar-refractivity contribution in [3.05, 3.63) is 89.2 Å². The number of carboxylic acid groups (broad SMARTS) is 1. The summed E-state index contributed by atoms with van der Waals surface area (Å²) in [5.74, 6) is -1.74. The second-order valence-electron chi connectivity index (χ2n) is 6.29. The summed E-state index contributed by atoms with van der Waals surface area (Å²) < 4.78 is 38.6. The molecule has 30 heavy (non-hydrogen) atoms. The van der Waals surface area contributed by atoms with Crippen molar-refractivity contribution in [2.24, 2.45) is 0 Å². The Morgan fingerprint density at radius 2 is 1.77 bits per heavy atom. The van der Waals surface area contributed by atoms with Crippen molar-refractivity contribution in [1.29, 1.82) is 0 Å². The lowest BCUT2D eigenvalue weighted by Crippen LogP contribution is -2.15. The standard InChI is InChI=1S/C21H16F3N3O3/c22-21(23,24)14-4-3-5-15(11-14)27-19(28)16-6-1-2-7-17(16)26-12-13-8-9-25-18(10-13)20(29)30/h1-11,26H,12H2,(H,27,28)(H,29,30). The molecule has 3 N–H and O–H groups in total. The second kappa shape index (κ2) is 8.64. The lowest BCUT2D eigenvalue weighted by atomic mass is 10.1. The smallest absolute Gasteiger partial charge is 0.416 e. The summed E-state index contributed by atoms with van der Waals surface area (Å²) >= 11 is 0. The number of aromatic carboxylic acids is 1. The van der Waals surface area contributed by atoms with Crippen LogP contribution in [0.15, 0.2) is 66.9 Å². The molecule has 0 saturated heterocycles. The highest BCUT2D eigenvalue weighted by Crippen LogP contribution is 2.31. The maximum atomic E-state index is 12.9. The zero-order valence-electron chi connectivity index (χ0n) is 15.4. The van der Waals surface area contributed by atoms with Crippen LogP contribution in [0, 0.1) is 0 Å². The molecule has 0 aliphatic rings. The number of rotatable bonds is 6. The van der Waals surface area contributed by atoms with Crippen LogP contribution in [0.2, 0.25) is 0 Å². The molecule has 2 aromatic carbocycles. The number of carbonyl (C=O) groups excluding carboxylic acids is 1. The van der Waals surface area contributed by atoms with Crippen LogP contribution in [0.1, 0.15) is 32.0 Å². The lowest BCUT2D eigenvalue weighted by molar-refractivity contribution is -0.137. The zero-order chi connectivity index (χ0) is 21.7. The summed E-state index contributed by atoms with van der Waals surface area (Å²) in [5, 5.41) is 14.5. The minimum absolute atomic E-state index is 0.0184. The molecule has 154 valence electrons. The van der Waals surface area contributed by atoms with Crippen LogP contribution in [-0.4, -0.2) is 22.0 Å². The van der Waals surface area contributed by atoms with Crippen LogP contribution in [0.5, 0.6) is 0 Å². The average Bonchev–Trinajstić information content (AvgIpc) is 2.72. The van der Waals surface area contributed by atoms with Crippen molar-refractivity contribution in [3.8, 4) is 0 Å². The number of halogens is 3. The Balaban J connectivity index is 1.76. The molecule has 0 bridgehead atoms. The van der Waals surface area contributed by atoms with Gasteiger partial charge in [0.15, 0.2) is 0 Å². The number of para-hydroxylation sites is 1. The fourth-order valence-electron chi connectivity index (χ4n) is 2.71. The molecule has 1 amide bonds. The van der Waals surface area contributed by atoms with Crippen LogP contribution in [0.3, 0.4) is 0 Å². The van der Waals surface area contributed by atoms with Gasteiger partial charge in [-0.15, -0.1) is 0 Å². The Morgan fingerprint density at radius 3 is 2.50 bits per heavy atom. The highest BCUT2D eigenvalue weighted by Gasteiger charge is 2.30. The minimum atomic E-state index is -4.51. The minimum Gasteiger partial charge on any atom is -0.477 e. The maximum absolute atomic E-state index is 12.9. The Bertz CT molecular complexity index is 1080. The van der Waals surface area contributed by atoms with E-state index >= 15 is 0 Å².